The van der Waals surface area contributed by atoms with Crippen molar-refractivity contribution in [3.05, 3.63) is 34.0 Å². The molecule has 0 unspecified atom stereocenters. The third kappa shape index (κ3) is 3.97. The second kappa shape index (κ2) is 7.85. The van der Waals surface area contributed by atoms with E-state index < -0.39 is 0 Å². The molecule has 2 aliphatic heterocycles. The number of fused-ring (bicyclic) bond motifs is 1. The molecule has 0 N–H and O–H groups in total. The quantitative estimate of drug-likeness (QED) is 0.816. The smallest absolute Gasteiger partial charge is 0.226 e. The van der Waals surface area contributed by atoms with Gasteiger partial charge in [-0.2, -0.15) is 5.10 Å². The molecule has 1 atom stereocenters. The first-order valence-electron chi connectivity index (χ1n) is 9.09. The van der Waals surface area contributed by atoms with Crippen LogP contribution in [0.1, 0.15) is 29.2 Å². The second-order valence-electron chi connectivity index (χ2n) is 6.90. The number of aryl methyl sites for hydroxylation is 1. The van der Waals surface area contributed by atoms with Crippen molar-refractivity contribution in [2.75, 3.05) is 19.8 Å². The van der Waals surface area contributed by atoms with E-state index >= 15 is 0 Å². The lowest BCUT2D eigenvalue weighted by Crippen LogP contribution is -2.42. The molecular formula is C18H24N4O3S. The molecule has 1 saturated heterocycles. The van der Waals surface area contributed by atoms with Crippen molar-refractivity contribution < 1.29 is 14.3 Å². The van der Waals surface area contributed by atoms with Crippen LogP contribution in [0, 0.1) is 12.8 Å². The number of rotatable bonds is 4. The number of carbonyl (C=O) groups is 1. The Kier molecular flexibility index (Phi) is 5.33. The van der Waals surface area contributed by atoms with Gasteiger partial charge < -0.3 is 14.4 Å². The van der Waals surface area contributed by atoms with Crippen molar-refractivity contribution in [3.8, 4) is 0 Å². The van der Waals surface area contributed by atoms with Crippen LogP contribution in [0.3, 0.4) is 0 Å². The predicted molar refractivity (Wildman–Crippen MR) is 96.6 cm³/mol. The molecule has 0 aliphatic carbocycles. The number of hydrogen-bond acceptors (Lipinski definition) is 6. The van der Waals surface area contributed by atoms with Crippen LogP contribution in [0.2, 0.25) is 0 Å². The zero-order valence-electron chi connectivity index (χ0n) is 15.0. The zero-order chi connectivity index (χ0) is 17.9. The molecule has 1 amide bonds. The van der Waals surface area contributed by atoms with E-state index in [0.717, 1.165) is 29.2 Å². The Morgan fingerprint density at radius 2 is 2.23 bits per heavy atom. The van der Waals surface area contributed by atoms with E-state index in [2.05, 4.69) is 10.1 Å². The van der Waals surface area contributed by atoms with E-state index in [-0.39, 0.29) is 17.9 Å². The van der Waals surface area contributed by atoms with Crippen molar-refractivity contribution in [1.29, 1.82) is 0 Å². The van der Waals surface area contributed by atoms with E-state index in [9.17, 15) is 4.79 Å². The summed E-state index contributed by atoms with van der Waals surface area (Å²) in [7, 11) is 0. The van der Waals surface area contributed by atoms with Crippen LogP contribution in [-0.4, -0.2) is 51.4 Å². The average molecular weight is 376 g/mol. The molecule has 1 fully saturated rings. The van der Waals surface area contributed by atoms with Gasteiger partial charge in [-0.05, 0) is 25.8 Å². The van der Waals surface area contributed by atoms with Crippen LogP contribution in [0.25, 0.3) is 0 Å². The number of hydrogen-bond donors (Lipinski definition) is 0. The second-order valence-corrected chi connectivity index (χ2v) is 7.96. The molecule has 4 heterocycles. The number of nitrogens with zero attached hydrogens (tertiary/aromatic N) is 4. The lowest BCUT2D eigenvalue weighted by Gasteiger charge is -2.30. The maximum atomic E-state index is 13.0. The summed E-state index contributed by atoms with van der Waals surface area (Å²) >= 11 is 1.62. The van der Waals surface area contributed by atoms with Crippen LogP contribution in [-0.2, 0) is 34.0 Å². The molecule has 0 radical (unpaired) electrons. The highest BCUT2D eigenvalue weighted by molar-refractivity contribution is 7.09. The molecule has 0 spiro atoms. The topological polar surface area (TPSA) is 69.5 Å². The summed E-state index contributed by atoms with van der Waals surface area (Å²) in [6.07, 6.45) is 3.30. The Labute approximate surface area is 156 Å². The summed E-state index contributed by atoms with van der Waals surface area (Å²) in [6, 6.07) is 1.98. The van der Waals surface area contributed by atoms with Gasteiger partial charge in [0, 0.05) is 37.3 Å². The summed E-state index contributed by atoms with van der Waals surface area (Å²) in [6.45, 7) is 5.63. The molecule has 140 valence electrons. The molecule has 2 aliphatic rings. The van der Waals surface area contributed by atoms with E-state index in [1.807, 2.05) is 28.0 Å². The van der Waals surface area contributed by atoms with E-state index in [4.69, 9.17) is 9.47 Å². The Balaban J connectivity index is 1.46. The van der Waals surface area contributed by atoms with Crippen molar-refractivity contribution in [2.45, 2.75) is 45.6 Å². The highest BCUT2D eigenvalue weighted by Gasteiger charge is 2.31. The average Bonchev–Trinajstić information content (AvgIpc) is 3.24. The van der Waals surface area contributed by atoms with Gasteiger partial charge in [0.2, 0.25) is 5.91 Å². The normalized spacial score (nSPS) is 21.4. The molecule has 0 aromatic carbocycles. The van der Waals surface area contributed by atoms with Crippen molar-refractivity contribution in [3.63, 3.8) is 0 Å². The lowest BCUT2D eigenvalue weighted by atomic mass is 9.98. The molecule has 0 bridgehead atoms. The van der Waals surface area contributed by atoms with Crippen LogP contribution >= 0.6 is 11.3 Å². The third-order valence-electron chi connectivity index (χ3n) is 4.97. The van der Waals surface area contributed by atoms with Gasteiger partial charge in [-0.3, -0.25) is 9.48 Å². The fourth-order valence-electron chi connectivity index (χ4n) is 3.57. The van der Waals surface area contributed by atoms with Crippen LogP contribution in [0.15, 0.2) is 17.6 Å². The SMILES string of the molecule is Cc1nc(CO[C@@H]2CN(C(=O)C3CCOCC3)Cc3ccnn3C2)cs1. The third-order valence-corrected chi connectivity index (χ3v) is 5.80. The molecule has 4 rings (SSSR count). The van der Waals surface area contributed by atoms with Gasteiger partial charge in [-0.25, -0.2) is 4.98 Å². The van der Waals surface area contributed by atoms with Gasteiger partial charge in [0.1, 0.15) is 0 Å². The molecule has 8 heteroatoms. The lowest BCUT2D eigenvalue weighted by molar-refractivity contribution is -0.141. The first kappa shape index (κ1) is 17.6. The van der Waals surface area contributed by atoms with Gasteiger partial charge in [0.05, 0.1) is 42.2 Å². The Morgan fingerprint density at radius 1 is 1.38 bits per heavy atom. The molecule has 0 saturated carbocycles. The van der Waals surface area contributed by atoms with E-state index in [0.29, 0.717) is 39.5 Å². The largest absolute Gasteiger partial charge is 0.381 e. The minimum atomic E-state index is -0.0954. The summed E-state index contributed by atoms with van der Waals surface area (Å²) in [5.74, 6) is 0.265. The van der Waals surface area contributed by atoms with Crippen LogP contribution in [0.4, 0.5) is 0 Å². The minimum Gasteiger partial charge on any atom is -0.381 e. The highest BCUT2D eigenvalue weighted by Crippen LogP contribution is 2.22. The summed E-state index contributed by atoms with van der Waals surface area (Å²) in [5.41, 5.74) is 2.00. The Hall–Kier alpha value is -1.77. The first-order chi connectivity index (χ1) is 12.7. The number of amides is 1. The summed E-state index contributed by atoms with van der Waals surface area (Å²) < 4.78 is 13.5. The molecule has 2 aromatic heterocycles. The fourth-order valence-corrected chi connectivity index (χ4v) is 4.17. The van der Waals surface area contributed by atoms with Crippen LogP contribution < -0.4 is 0 Å². The summed E-state index contributed by atoms with van der Waals surface area (Å²) in [5, 5.41) is 7.46. The zero-order valence-corrected chi connectivity index (χ0v) is 15.8. The molecule has 26 heavy (non-hydrogen) atoms. The first-order valence-corrected chi connectivity index (χ1v) is 9.97. The van der Waals surface area contributed by atoms with Crippen molar-refractivity contribution >= 4 is 17.2 Å². The van der Waals surface area contributed by atoms with E-state index in [1.165, 1.54) is 0 Å². The number of ether oxygens (including phenoxy) is 2. The fraction of sp³-hybridized carbons (Fsp3) is 0.611. The Morgan fingerprint density at radius 3 is 3.00 bits per heavy atom. The molecule has 7 nitrogen and oxygen atoms in total. The van der Waals surface area contributed by atoms with Gasteiger partial charge in [0.25, 0.3) is 0 Å². The van der Waals surface area contributed by atoms with Crippen LogP contribution in [0.5, 0.6) is 0 Å². The maximum Gasteiger partial charge on any atom is 0.226 e. The van der Waals surface area contributed by atoms with Gasteiger partial charge in [-0.15, -0.1) is 11.3 Å². The number of carbonyl (C=O) groups excluding carboxylic acids is 1. The predicted octanol–water partition coefficient (Wildman–Crippen LogP) is 2.00. The standard InChI is InChI=1S/C18H24N4O3S/c1-13-20-15(12-26-13)11-25-17-9-21(8-16-2-5-19-22(16)10-17)18(23)14-3-6-24-7-4-14/h2,5,12,14,17H,3-4,6-11H2,1H3/t17-/m1/s1. The van der Waals surface area contributed by atoms with Gasteiger partial charge in [0.15, 0.2) is 0 Å². The number of thiazole rings is 1. The molecular weight excluding hydrogens is 352 g/mol. The van der Waals surface area contributed by atoms with Crippen molar-refractivity contribution in [1.82, 2.24) is 19.7 Å². The van der Waals surface area contributed by atoms with Gasteiger partial charge >= 0.3 is 0 Å². The van der Waals surface area contributed by atoms with Gasteiger partial charge in [-0.1, -0.05) is 0 Å². The molecule has 2 aromatic rings. The monoisotopic (exact) mass is 376 g/mol. The van der Waals surface area contributed by atoms with E-state index in [1.54, 1.807) is 17.5 Å². The Bertz CT molecular complexity index is 753. The maximum absolute atomic E-state index is 13.0. The number of aromatic nitrogens is 3. The summed E-state index contributed by atoms with van der Waals surface area (Å²) in [4.78, 5) is 19.4. The minimum absolute atomic E-state index is 0.0556. The highest BCUT2D eigenvalue weighted by atomic mass is 32.1. The van der Waals surface area contributed by atoms with Crippen molar-refractivity contribution in [2.24, 2.45) is 5.92 Å².